The van der Waals surface area contributed by atoms with Crippen LogP contribution in [0.3, 0.4) is 0 Å². The molecule has 3 aliphatic heterocycles. The molecule has 3 aliphatic rings. The van der Waals surface area contributed by atoms with Crippen LogP contribution in [0.4, 0.5) is 16.2 Å². The topological polar surface area (TPSA) is 80.3 Å². The van der Waals surface area contributed by atoms with Crippen molar-refractivity contribution in [2.45, 2.75) is 31.5 Å². The molecule has 1 unspecified atom stereocenters. The number of cyclic esters (lactones) is 1. The number of benzene rings is 1. The molecule has 1 N–H and O–H groups in total. The summed E-state index contributed by atoms with van der Waals surface area (Å²) in [6.45, 7) is 5.15. The summed E-state index contributed by atoms with van der Waals surface area (Å²) < 4.78 is 16.5. The minimum Gasteiger partial charge on any atom is -0.442 e. The Morgan fingerprint density at radius 3 is 2.56 bits per heavy atom. The van der Waals surface area contributed by atoms with Gasteiger partial charge in [0.25, 0.3) is 0 Å². The van der Waals surface area contributed by atoms with Crippen LogP contribution in [0.2, 0.25) is 0 Å². The first-order valence-electron chi connectivity index (χ1n) is 9.34. The Morgan fingerprint density at radius 2 is 1.93 bits per heavy atom. The molecule has 2 amide bonds. The van der Waals surface area contributed by atoms with Crippen LogP contribution in [0.1, 0.15) is 19.8 Å². The third-order valence-corrected chi connectivity index (χ3v) is 5.47. The largest absolute Gasteiger partial charge is 0.442 e. The highest BCUT2D eigenvalue weighted by atomic mass is 16.7. The van der Waals surface area contributed by atoms with Gasteiger partial charge in [0.2, 0.25) is 5.91 Å². The van der Waals surface area contributed by atoms with Gasteiger partial charge in [0.1, 0.15) is 12.9 Å². The molecule has 27 heavy (non-hydrogen) atoms. The Bertz CT molecular complexity index is 692. The van der Waals surface area contributed by atoms with Gasteiger partial charge in [0.15, 0.2) is 0 Å². The maximum absolute atomic E-state index is 12.1. The van der Waals surface area contributed by atoms with E-state index >= 15 is 0 Å². The fraction of sp³-hybridized carbons (Fsp3) is 0.579. The second kappa shape index (κ2) is 7.36. The molecule has 1 aromatic carbocycles. The molecule has 146 valence electrons. The third kappa shape index (κ3) is 3.86. The quantitative estimate of drug-likeness (QED) is 0.859. The van der Waals surface area contributed by atoms with Crippen molar-refractivity contribution in [3.8, 4) is 0 Å². The zero-order chi connectivity index (χ0) is 18.9. The van der Waals surface area contributed by atoms with Crippen LogP contribution in [-0.2, 0) is 19.0 Å². The van der Waals surface area contributed by atoms with E-state index in [-0.39, 0.29) is 23.7 Å². The predicted octanol–water partition coefficient (Wildman–Crippen LogP) is 1.49. The van der Waals surface area contributed by atoms with E-state index < -0.39 is 0 Å². The molecule has 3 heterocycles. The highest BCUT2D eigenvalue weighted by Crippen LogP contribution is 2.33. The van der Waals surface area contributed by atoms with Gasteiger partial charge < -0.3 is 24.4 Å². The molecule has 8 nitrogen and oxygen atoms in total. The number of nitrogens with one attached hydrogen (secondary N) is 1. The van der Waals surface area contributed by atoms with E-state index in [1.54, 1.807) is 4.90 Å². The van der Waals surface area contributed by atoms with E-state index in [0.29, 0.717) is 26.5 Å². The molecule has 1 spiro atoms. The summed E-state index contributed by atoms with van der Waals surface area (Å²) >= 11 is 0. The van der Waals surface area contributed by atoms with E-state index in [1.807, 2.05) is 24.3 Å². The van der Waals surface area contributed by atoms with E-state index in [4.69, 9.17) is 14.2 Å². The maximum atomic E-state index is 12.1. The summed E-state index contributed by atoms with van der Waals surface area (Å²) in [6, 6.07) is 7.95. The fourth-order valence-corrected chi connectivity index (χ4v) is 3.84. The van der Waals surface area contributed by atoms with Crippen LogP contribution in [-0.4, -0.2) is 63.3 Å². The lowest BCUT2D eigenvalue weighted by Gasteiger charge is -2.38. The highest BCUT2D eigenvalue weighted by molar-refractivity contribution is 5.90. The van der Waals surface area contributed by atoms with E-state index in [9.17, 15) is 9.59 Å². The van der Waals surface area contributed by atoms with E-state index in [1.165, 1.54) is 6.92 Å². The number of rotatable bonds is 4. The molecule has 0 aromatic heterocycles. The van der Waals surface area contributed by atoms with Crippen molar-refractivity contribution in [3.05, 3.63) is 24.3 Å². The molecule has 3 fully saturated rings. The number of hydrogen-bond donors (Lipinski definition) is 1. The highest BCUT2D eigenvalue weighted by Gasteiger charge is 2.39. The van der Waals surface area contributed by atoms with E-state index in [0.717, 1.165) is 37.3 Å². The van der Waals surface area contributed by atoms with Crippen LogP contribution in [0, 0.1) is 0 Å². The summed E-state index contributed by atoms with van der Waals surface area (Å²) in [6.07, 6.45) is 1.21. The number of nitrogens with zero attached hydrogens (tertiary/aromatic N) is 2. The predicted molar refractivity (Wildman–Crippen MR) is 98.8 cm³/mol. The second-order valence-electron chi connectivity index (χ2n) is 7.35. The zero-order valence-electron chi connectivity index (χ0n) is 15.5. The fourth-order valence-electron chi connectivity index (χ4n) is 3.84. The smallest absolute Gasteiger partial charge is 0.414 e. The number of amides is 2. The van der Waals surface area contributed by atoms with Crippen molar-refractivity contribution in [1.82, 2.24) is 5.32 Å². The van der Waals surface area contributed by atoms with Gasteiger partial charge in [-0.3, -0.25) is 9.69 Å². The van der Waals surface area contributed by atoms with Crippen molar-refractivity contribution in [2.24, 2.45) is 0 Å². The number of piperidine rings is 1. The normalized spacial score (nSPS) is 24.3. The van der Waals surface area contributed by atoms with Gasteiger partial charge in [-0.25, -0.2) is 4.79 Å². The Morgan fingerprint density at radius 1 is 1.22 bits per heavy atom. The molecule has 8 heteroatoms. The Labute approximate surface area is 158 Å². The lowest BCUT2D eigenvalue weighted by molar-refractivity contribution is -0.119. The molecule has 1 aromatic rings. The van der Waals surface area contributed by atoms with Gasteiger partial charge in [-0.1, -0.05) is 0 Å². The average molecular weight is 375 g/mol. The van der Waals surface area contributed by atoms with Crippen LogP contribution in [0.15, 0.2) is 24.3 Å². The van der Waals surface area contributed by atoms with Crippen LogP contribution in [0.25, 0.3) is 0 Å². The van der Waals surface area contributed by atoms with Crippen molar-refractivity contribution in [3.63, 3.8) is 0 Å². The molecule has 1 atom stereocenters. The first-order valence-corrected chi connectivity index (χ1v) is 9.34. The first-order chi connectivity index (χ1) is 13.0. The van der Waals surface area contributed by atoms with E-state index in [2.05, 4.69) is 10.2 Å². The zero-order valence-corrected chi connectivity index (χ0v) is 15.5. The first kappa shape index (κ1) is 18.1. The molecular weight excluding hydrogens is 350 g/mol. The minimum absolute atomic E-state index is 0.0985. The number of carbonyl (C=O) groups is 2. The van der Waals surface area contributed by atoms with Crippen molar-refractivity contribution in [1.29, 1.82) is 0 Å². The average Bonchev–Trinajstić information content (AvgIpc) is 3.28. The van der Waals surface area contributed by atoms with Gasteiger partial charge >= 0.3 is 6.09 Å². The number of carbonyl (C=O) groups excluding carboxylic acids is 2. The Balaban J connectivity index is 1.35. The molecule has 0 bridgehead atoms. The summed E-state index contributed by atoms with van der Waals surface area (Å²) in [5, 5.41) is 2.68. The van der Waals surface area contributed by atoms with Gasteiger partial charge in [-0.05, 0) is 37.1 Å². The summed E-state index contributed by atoms with van der Waals surface area (Å²) in [5.41, 5.74) is 1.84. The number of hydrogen-bond acceptors (Lipinski definition) is 6. The summed E-state index contributed by atoms with van der Waals surface area (Å²) in [7, 11) is 0. The van der Waals surface area contributed by atoms with Crippen LogP contribution >= 0.6 is 0 Å². The molecule has 0 saturated carbocycles. The number of anilines is 2. The van der Waals surface area contributed by atoms with Crippen LogP contribution in [0.5, 0.6) is 0 Å². The maximum Gasteiger partial charge on any atom is 0.414 e. The van der Waals surface area contributed by atoms with Crippen LogP contribution < -0.4 is 15.1 Å². The molecule has 4 rings (SSSR count). The lowest BCUT2D eigenvalue weighted by atomic mass is 9.92. The standard InChI is InChI=1S/C19H25N3O5/c1-14(23)20-10-17-11-22(18(24)27-17)16-4-2-15(3-5-16)21-8-6-19(7-9-21)12-25-13-26-19/h2-5,17H,6-13H2,1H3,(H,20,23). The molecule has 0 aliphatic carbocycles. The third-order valence-electron chi connectivity index (χ3n) is 5.47. The minimum atomic E-state index is -0.378. The molecule has 0 radical (unpaired) electrons. The summed E-state index contributed by atoms with van der Waals surface area (Å²) in [5.74, 6) is -0.133. The Kier molecular flexibility index (Phi) is 4.92. The van der Waals surface area contributed by atoms with Crippen molar-refractivity contribution >= 4 is 23.4 Å². The molecular formula is C19H25N3O5. The van der Waals surface area contributed by atoms with Gasteiger partial charge in [-0.2, -0.15) is 0 Å². The second-order valence-corrected chi connectivity index (χ2v) is 7.35. The van der Waals surface area contributed by atoms with Gasteiger partial charge in [-0.15, -0.1) is 0 Å². The SMILES string of the molecule is CC(=O)NCC1CN(c2ccc(N3CCC4(CC3)COCO4)cc2)C(=O)O1. The van der Waals surface area contributed by atoms with Crippen molar-refractivity contribution in [2.75, 3.05) is 49.4 Å². The Hall–Kier alpha value is -2.32. The monoisotopic (exact) mass is 375 g/mol. The summed E-state index contributed by atoms with van der Waals surface area (Å²) in [4.78, 5) is 27.1. The lowest BCUT2D eigenvalue weighted by Crippen LogP contribution is -2.45. The number of ether oxygens (including phenoxy) is 3. The molecule has 3 saturated heterocycles. The van der Waals surface area contributed by atoms with Gasteiger partial charge in [0.05, 0.1) is 25.3 Å². The van der Waals surface area contributed by atoms with Crippen molar-refractivity contribution < 1.29 is 23.8 Å². The van der Waals surface area contributed by atoms with Gasteiger partial charge in [0, 0.05) is 31.4 Å².